The fourth-order valence-electron chi connectivity index (χ4n) is 10.9. The average Bonchev–Trinajstić information content (AvgIpc) is 3.46. The van der Waals surface area contributed by atoms with E-state index in [1.54, 1.807) is 0 Å². The Morgan fingerprint density at radius 2 is 0.395 bits per heavy atom. The van der Waals surface area contributed by atoms with E-state index in [9.17, 15) is 107 Å². The van der Waals surface area contributed by atoms with Crippen molar-refractivity contribution in [3.63, 3.8) is 0 Å². The van der Waals surface area contributed by atoms with E-state index >= 15 is 0 Å². The van der Waals surface area contributed by atoms with Crippen molar-refractivity contribution >= 4 is 0 Å². The smallest absolute Gasteiger partial charge is 0.187 e. The maximum Gasteiger partial charge on any atom is 0.187 e. The van der Waals surface area contributed by atoms with Crippen LogP contribution in [-0.2, 0) is 66.3 Å². The van der Waals surface area contributed by atoms with Crippen LogP contribution in [0, 0.1) is 0 Å². The normalized spacial score (nSPS) is 54.0. The van der Waals surface area contributed by atoms with Gasteiger partial charge in [0, 0.05) is 13.1 Å². The van der Waals surface area contributed by atoms with Crippen LogP contribution in [0.5, 0.6) is 0 Å². The van der Waals surface area contributed by atoms with Gasteiger partial charge in [0.05, 0.1) is 45.2 Å². The highest BCUT2D eigenvalue weighted by Gasteiger charge is 2.60. The second-order valence-electron chi connectivity index (χ2n) is 20.7. The van der Waals surface area contributed by atoms with Crippen molar-refractivity contribution in [2.75, 3.05) is 46.1 Å². The van der Waals surface area contributed by atoms with Crippen LogP contribution in [0.3, 0.4) is 0 Å². The van der Waals surface area contributed by atoms with Crippen LogP contribution in [0.1, 0.15) is 0 Å². The van der Waals surface area contributed by atoms with E-state index in [4.69, 9.17) is 77.8 Å². The molecular formula is C44H76N2O35. The Morgan fingerprint density at radius 1 is 0.235 bits per heavy atom. The molecule has 21 saturated heterocycles. The SMILES string of the molecule is NC[C@@H](O)[C@H]1O[C@@H]2O[C@H]3[C@H](O)[C@@H](O)[C@@H](O[C@H]4[C@H](O)[C@@H](O)[C@@H](O[C@H]5[C@H](O)[C@@H](O)[C@@H](O[C@H]6[C@H](O)[C@@H](O)[C@H](O[C@@H]6[C@H](O)CN)O[C@H]6[C@H](O)[C@@H](O)[C@@H](O[C@H]7[C@H](O)[C@@H](O)[C@@H](O[C@H]1[C@H](O)[C@H]2O)O[C@@H]7CO)O[C@@H]6CO)O[C@@H]5CO)O[C@@H]4CO)O[C@@H]3CO. The van der Waals surface area contributed by atoms with Crippen molar-refractivity contribution in [2.45, 2.75) is 227 Å². The van der Waals surface area contributed by atoms with Gasteiger partial charge in [-0.3, -0.25) is 0 Å². The van der Waals surface area contributed by atoms with Gasteiger partial charge in [-0.1, -0.05) is 0 Å². The van der Waals surface area contributed by atoms with Crippen LogP contribution >= 0.6 is 0 Å². The predicted molar refractivity (Wildman–Crippen MR) is 244 cm³/mol. The molecule has 14 bridgehead atoms. The Morgan fingerprint density at radius 3 is 0.568 bits per heavy atom. The van der Waals surface area contributed by atoms with Gasteiger partial charge in [-0.25, -0.2) is 0 Å². The summed E-state index contributed by atoms with van der Waals surface area (Å²) >= 11 is 0. The Bertz CT molecular complexity index is 1930. The van der Waals surface area contributed by atoms with Gasteiger partial charge >= 0.3 is 0 Å². The van der Waals surface area contributed by atoms with E-state index in [0.29, 0.717) is 0 Å². The first kappa shape index (κ1) is 65.5. The first-order chi connectivity index (χ1) is 38.5. The Hall–Kier alpha value is -1.48. The highest BCUT2D eigenvalue weighted by molar-refractivity contribution is 5.03. The first-order valence-corrected chi connectivity index (χ1v) is 26.0. The number of aliphatic hydroxyl groups is 21. The zero-order valence-corrected chi connectivity index (χ0v) is 42.6. The molecule has 0 aliphatic carbocycles. The van der Waals surface area contributed by atoms with Crippen molar-refractivity contribution in [3.8, 4) is 0 Å². The molecule has 21 aliphatic heterocycles. The molecule has 21 fully saturated rings. The zero-order chi connectivity index (χ0) is 59.2. The number of aliphatic hydroxyl groups excluding tert-OH is 21. The third kappa shape index (κ3) is 12.9. The molecule has 81 heavy (non-hydrogen) atoms. The highest BCUT2D eigenvalue weighted by atomic mass is 16.8. The molecule has 0 aromatic rings. The Kier molecular flexibility index (Phi) is 22.4. The lowest BCUT2D eigenvalue weighted by molar-refractivity contribution is -0.399. The van der Waals surface area contributed by atoms with E-state index < -0.39 is 273 Å². The van der Waals surface area contributed by atoms with Gasteiger partial charge in [-0.2, -0.15) is 0 Å². The summed E-state index contributed by atoms with van der Waals surface area (Å²) in [5, 5.41) is 234. The molecule has 0 spiro atoms. The maximum atomic E-state index is 11.5. The number of ether oxygens (including phenoxy) is 14. The topological polar surface area (TPSA) is 606 Å². The van der Waals surface area contributed by atoms with Crippen molar-refractivity contribution < 1.29 is 174 Å². The van der Waals surface area contributed by atoms with Gasteiger partial charge in [-0.05, 0) is 0 Å². The monoisotopic (exact) mass is 1190 g/mol. The molecule has 472 valence electrons. The van der Waals surface area contributed by atoms with Crippen LogP contribution in [0.15, 0.2) is 0 Å². The molecule has 0 amide bonds. The van der Waals surface area contributed by atoms with Gasteiger partial charge in [-0.15, -0.1) is 0 Å². The summed E-state index contributed by atoms with van der Waals surface area (Å²) in [6.07, 6.45) is -75.9. The summed E-state index contributed by atoms with van der Waals surface area (Å²) in [4.78, 5) is 0. The van der Waals surface area contributed by atoms with Crippen LogP contribution in [0.4, 0.5) is 0 Å². The minimum absolute atomic E-state index is 0.658. The van der Waals surface area contributed by atoms with E-state index in [0.717, 1.165) is 0 Å². The second-order valence-corrected chi connectivity index (χ2v) is 20.7. The van der Waals surface area contributed by atoms with Crippen molar-refractivity contribution in [1.29, 1.82) is 0 Å². The predicted octanol–water partition coefficient (Wildman–Crippen LogP) is -16.6. The van der Waals surface area contributed by atoms with Crippen LogP contribution in [0.25, 0.3) is 0 Å². The minimum atomic E-state index is -2.27. The lowest BCUT2D eigenvalue weighted by atomic mass is 9.93. The number of nitrogens with two attached hydrogens (primary N) is 2. The van der Waals surface area contributed by atoms with Gasteiger partial charge in [0.15, 0.2) is 44.0 Å². The average molecular weight is 1190 g/mol. The van der Waals surface area contributed by atoms with Crippen molar-refractivity contribution in [3.05, 3.63) is 0 Å². The molecule has 37 nitrogen and oxygen atoms in total. The molecular weight excluding hydrogens is 1120 g/mol. The summed E-state index contributed by atoms with van der Waals surface area (Å²) in [5.41, 5.74) is 11.5. The lowest BCUT2D eigenvalue weighted by Crippen LogP contribution is -2.69. The van der Waals surface area contributed by atoms with Crippen molar-refractivity contribution in [1.82, 2.24) is 0 Å². The lowest BCUT2D eigenvalue weighted by Gasteiger charge is -2.50. The van der Waals surface area contributed by atoms with Gasteiger partial charge < -0.3 is 185 Å². The number of hydrogen-bond donors (Lipinski definition) is 23. The number of hydrogen-bond acceptors (Lipinski definition) is 37. The maximum absolute atomic E-state index is 11.5. The molecule has 0 saturated carbocycles. The first-order valence-electron chi connectivity index (χ1n) is 26.0. The zero-order valence-electron chi connectivity index (χ0n) is 42.6. The summed E-state index contributed by atoms with van der Waals surface area (Å²) < 4.78 is 80.2. The summed E-state index contributed by atoms with van der Waals surface area (Å²) in [6.45, 7) is -6.69. The van der Waals surface area contributed by atoms with Crippen molar-refractivity contribution in [2.24, 2.45) is 11.5 Å². The molecule has 37 heteroatoms. The van der Waals surface area contributed by atoms with E-state index in [1.165, 1.54) is 0 Å². The van der Waals surface area contributed by atoms with Gasteiger partial charge in [0.1, 0.15) is 171 Å². The molecule has 21 aliphatic rings. The third-order valence-electron chi connectivity index (χ3n) is 15.5. The van der Waals surface area contributed by atoms with E-state index in [1.807, 2.05) is 0 Å². The second kappa shape index (κ2) is 27.7. The minimum Gasteiger partial charge on any atom is -0.394 e. The van der Waals surface area contributed by atoms with E-state index in [2.05, 4.69) is 0 Å². The molecule has 25 N–H and O–H groups in total. The quantitative estimate of drug-likeness (QED) is 0.102. The molecule has 37 atom stereocenters. The van der Waals surface area contributed by atoms with Crippen LogP contribution in [-0.4, -0.2) is 381 Å². The summed E-state index contributed by atoms with van der Waals surface area (Å²) in [6, 6.07) is 0. The van der Waals surface area contributed by atoms with E-state index in [-0.39, 0.29) is 0 Å². The fraction of sp³-hybridized carbons (Fsp3) is 1.00. The fourth-order valence-corrected chi connectivity index (χ4v) is 10.9. The summed E-state index contributed by atoms with van der Waals surface area (Å²) in [7, 11) is 0. The largest absolute Gasteiger partial charge is 0.394 e. The van der Waals surface area contributed by atoms with Gasteiger partial charge in [0.2, 0.25) is 0 Å². The van der Waals surface area contributed by atoms with Crippen LogP contribution in [0.2, 0.25) is 0 Å². The highest BCUT2D eigenvalue weighted by Crippen LogP contribution is 2.39. The van der Waals surface area contributed by atoms with Crippen LogP contribution < -0.4 is 11.5 Å². The Labute approximate surface area is 457 Å². The molecule has 0 unspecified atom stereocenters. The number of rotatable bonds is 9. The molecule has 0 aromatic heterocycles. The summed E-state index contributed by atoms with van der Waals surface area (Å²) in [5.74, 6) is 0. The molecule has 21 heterocycles. The van der Waals surface area contributed by atoms with Gasteiger partial charge in [0.25, 0.3) is 0 Å². The molecule has 0 aromatic carbocycles. The molecule has 0 radical (unpaired) electrons. The third-order valence-corrected chi connectivity index (χ3v) is 15.5. The Balaban J connectivity index is 1.10. The molecule has 21 rings (SSSR count). The standard InChI is InChI=1S/C44H76N2O35/c45-1-8(52)29-36-21(60)28(67)44(74-29)79-35-14(7-51)70-40(24(63)17(35)56)77-33-12(5-49)72-42(26(65)19(33)58)81-37-20(59)27(66)43(73-30(37)9(53)2-46)78-34-13(6-50)69-39(23(62)16(34)55)75-31-10(3-47)68-38(22(61)15(31)54)76-32-11(4-48)71-41(80-36)25(64)18(32)57/h8-44,47-67H,1-7,45-46H2/t8-,9-,10-,11-,12-,13-,14-,15-,16-,17-,18-,19-,20-,21-,22-,23-,24-,25-,26-,27-,28-,29-,30-,31-,32-,33-,34-,35-,36+,37+,38-,39-,40-,41-,42-,43-,44-/m1/s1.